The first kappa shape index (κ1) is 19.4. The lowest BCUT2D eigenvalue weighted by Gasteiger charge is -2.13. The van der Waals surface area contributed by atoms with Crippen molar-refractivity contribution in [3.05, 3.63) is 58.9 Å². The maximum absolute atomic E-state index is 13.2. The van der Waals surface area contributed by atoms with Gasteiger partial charge in [-0.1, -0.05) is 24.6 Å². The molecule has 0 heterocycles. The Morgan fingerprint density at radius 1 is 1.24 bits per heavy atom. The zero-order chi connectivity index (χ0) is 18.6. The van der Waals surface area contributed by atoms with E-state index < -0.39 is 21.7 Å². The van der Waals surface area contributed by atoms with Gasteiger partial charge >= 0.3 is 0 Å². The number of carbonyl (C=O) groups excluding carboxylic acids is 1. The first-order chi connectivity index (χ1) is 11.7. The van der Waals surface area contributed by atoms with E-state index in [1.165, 1.54) is 36.4 Å². The van der Waals surface area contributed by atoms with E-state index in [1.54, 1.807) is 6.92 Å². The average molecular weight is 385 g/mol. The second-order valence-corrected chi connectivity index (χ2v) is 7.66. The van der Waals surface area contributed by atoms with Crippen molar-refractivity contribution >= 4 is 33.2 Å². The highest BCUT2D eigenvalue weighted by atomic mass is 35.5. The third-order valence-electron chi connectivity index (χ3n) is 3.55. The van der Waals surface area contributed by atoms with Gasteiger partial charge < -0.3 is 5.32 Å². The second kappa shape index (κ2) is 7.95. The van der Waals surface area contributed by atoms with Gasteiger partial charge in [0, 0.05) is 17.3 Å². The monoisotopic (exact) mass is 384 g/mol. The highest BCUT2D eigenvalue weighted by Crippen LogP contribution is 2.20. The third-order valence-corrected chi connectivity index (χ3v) is 5.43. The summed E-state index contributed by atoms with van der Waals surface area (Å²) < 4.78 is 40.3. The maximum Gasteiger partial charge on any atom is 0.255 e. The topological polar surface area (TPSA) is 75.3 Å². The normalized spacial score (nSPS) is 12.6. The summed E-state index contributed by atoms with van der Waals surface area (Å²) in [5.74, 6) is -1.12. The van der Waals surface area contributed by atoms with Crippen LogP contribution >= 0.6 is 11.6 Å². The second-order valence-electron chi connectivity index (χ2n) is 5.54. The molecule has 2 rings (SSSR count). The maximum atomic E-state index is 13.2. The fraction of sp³-hybridized carbons (Fsp3) is 0.235. The van der Waals surface area contributed by atoms with Crippen molar-refractivity contribution < 1.29 is 17.6 Å². The Morgan fingerprint density at radius 3 is 2.60 bits per heavy atom. The molecule has 0 aliphatic carbocycles. The number of amides is 1. The average Bonchev–Trinajstić information content (AvgIpc) is 2.57. The van der Waals surface area contributed by atoms with Gasteiger partial charge in [-0.15, -0.1) is 0 Å². The molecule has 0 aliphatic rings. The summed E-state index contributed by atoms with van der Waals surface area (Å²) in [6, 6.07) is 9.23. The van der Waals surface area contributed by atoms with Crippen molar-refractivity contribution in [1.82, 2.24) is 4.72 Å². The molecule has 0 radical (unpaired) electrons. The summed E-state index contributed by atoms with van der Waals surface area (Å²) in [5.41, 5.74) is 0.467. The van der Waals surface area contributed by atoms with Crippen LogP contribution in [0.4, 0.5) is 10.1 Å². The SMILES string of the molecule is CCC(C)NS(=O)(=O)c1cccc(C(=O)Nc2ccc(F)c(Cl)c2)c1. The number of anilines is 1. The van der Waals surface area contributed by atoms with Crippen LogP contribution in [-0.2, 0) is 10.0 Å². The van der Waals surface area contributed by atoms with E-state index in [2.05, 4.69) is 10.0 Å². The zero-order valence-electron chi connectivity index (χ0n) is 13.7. The number of sulfonamides is 1. The molecule has 0 fully saturated rings. The predicted octanol–water partition coefficient (Wildman–Crippen LogP) is 3.81. The molecule has 134 valence electrons. The van der Waals surface area contributed by atoms with E-state index in [1.807, 2.05) is 6.92 Å². The standard InChI is InChI=1S/C17H18ClFN2O3S/c1-3-11(2)21-25(23,24)14-6-4-5-12(9-14)17(22)20-13-7-8-16(19)15(18)10-13/h4-11,21H,3H2,1-2H3,(H,20,22). The van der Waals surface area contributed by atoms with Crippen molar-refractivity contribution in [3.8, 4) is 0 Å². The molecule has 5 nitrogen and oxygen atoms in total. The van der Waals surface area contributed by atoms with Crippen LogP contribution in [0, 0.1) is 5.82 Å². The van der Waals surface area contributed by atoms with Gasteiger partial charge in [0.25, 0.3) is 5.91 Å². The van der Waals surface area contributed by atoms with Crippen molar-refractivity contribution in [2.45, 2.75) is 31.2 Å². The van der Waals surface area contributed by atoms with Crippen molar-refractivity contribution in [3.63, 3.8) is 0 Å². The summed E-state index contributed by atoms with van der Waals surface area (Å²) >= 11 is 5.68. The summed E-state index contributed by atoms with van der Waals surface area (Å²) in [6.45, 7) is 3.62. The van der Waals surface area contributed by atoms with Gasteiger partial charge in [-0.05, 0) is 49.7 Å². The number of hydrogen-bond acceptors (Lipinski definition) is 3. The highest BCUT2D eigenvalue weighted by Gasteiger charge is 2.18. The van der Waals surface area contributed by atoms with E-state index in [9.17, 15) is 17.6 Å². The Morgan fingerprint density at radius 2 is 1.96 bits per heavy atom. The number of carbonyl (C=O) groups is 1. The van der Waals surface area contributed by atoms with Gasteiger partial charge in [0.2, 0.25) is 10.0 Å². The minimum absolute atomic E-state index is 0.00223. The van der Waals surface area contributed by atoms with Crippen molar-refractivity contribution in [2.24, 2.45) is 0 Å². The molecule has 25 heavy (non-hydrogen) atoms. The molecular formula is C17H18ClFN2O3S. The van der Waals surface area contributed by atoms with Crippen molar-refractivity contribution in [1.29, 1.82) is 0 Å². The highest BCUT2D eigenvalue weighted by molar-refractivity contribution is 7.89. The Bertz CT molecular complexity index is 887. The van der Waals surface area contributed by atoms with E-state index in [-0.39, 0.29) is 21.5 Å². The molecule has 0 bridgehead atoms. The van der Waals surface area contributed by atoms with E-state index >= 15 is 0 Å². The molecule has 2 N–H and O–H groups in total. The van der Waals surface area contributed by atoms with E-state index in [0.717, 1.165) is 6.07 Å². The molecule has 1 unspecified atom stereocenters. The molecule has 2 aromatic carbocycles. The smallest absolute Gasteiger partial charge is 0.255 e. The predicted molar refractivity (Wildman–Crippen MR) is 95.9 cm³/mol. The van der Waals surface area contributed by atoms with Crippen LogP contribution in [0.15, 0.2) is 47.4 Å². The lowest BCUT2D eigenvalue weighted by Crippen LogP contribution is -2.32. The summed E-state index contributed by atoms with van der Waals surface area (Å²) in [5, 5.41) is 2.43. The number of halogens is 2. The quantitative estimate of drug-likeness (QED) is 0.795. The molecule has 1 atom stereocenters. The number of rotatable bonds is 6. The number of hydrogen-bond donors (Lipinski definition) is 2. The van der Waals surface area contributed by atoms with Crippen molar-refractivity contribution in [2.75, 3.05) is 5.32 Å². The lowest BCUT2D eigenvalue weighted by atomic mass is 10.2. The van der Waals surface area contributed by atoms with Crippen LogP contribution in [0.25, 0.3) is 0 Å². The molecule has 0 saturated carbocycles. The van der Waals surface area contributed by atoms with E-state index in [0.29, 0.717) is 12.1 Å². The molecule has 0 spiro atoms. The molecule has 0 aromatic heterocycles. The zero-order valence-corrected chi connectivity index (χ0v) is 15.3. The van der Waals surface area contributed by atoms with E-state index in [4.69, 9.17) is 11.6 Å². The Kier molecular flexibility index (Phi) is 6.16. The van der Waals surface area contributed by atoms with Gasteiger partial charge in [-0.2, -0.15) is 0 Å². The summed E-state index contributed by atoms with van der Waals surface area (Å²) in [7, 11) is -3.71. The summed E-state index contributed by atoms with van der Waals surface area (Å²) in [6.07, 6.45) is 0.644. The largest absolute Gasteiger partial charge is 0.322 e. The van der Waals surface area contributed by atoms with Crippen LogP contribution in [0.3, 0.4) is 0 Å². The van der Waals surface area contributed by atoms with Gasteiger partial charge in [-0.3, -0.25) is 4.79 Å². The fourth-order valence-electron chi connectivity index (χ4n) is 2.00. The van der Waals surface area contributed by atoms with Crippen LogP contribution in [0.1, 0.15) is 30.6 Å². The Hall–Kier alpha value is -1.96. The molecule has 8 heteroatoms. The summed E-state index contributed by atoms with van der Waals surface area (Å²) in [4.78, 5) is 12.3. The first-order valence-electron chi connectivity index (χ1n) is 7.61. The van der Waals surface area contributed by atoms with Crippen LogP contribution in [0.2, 0.25) is 5.02 Å². The first-order valence-corrected chi connectivity index (χ1v) is 9.48. The number of benzene rings is 2. The number of nitrogens with one attached hydrogen (secondary N) is 2. The van der Waals surface area contributed by atoms with Gasteiger partial charge in [-0.25, -0.2) is 17.5 Å². The van der Waals surface area contributed by atoms with Gasteiger partial charge in [0.15, 0.2) is 0 Å². The minimum Gasteiger partial charge on any atom is -0.322 e. The van der Waals surface area contributed by atoms with Crippen LogP contribution < -0.4 is 10.0 Å². The lowest BCUT2D eigenvalue weighted by molar-refractivity contribution is 0.102. The minimum atomic E-state index is -3.71. The van der Waals surface area contributed by atoms with Gasteiger partial charge in [0.1, 0.15) is 5.82 Å². The third kappa shape index (κ3) is 5.01. The molecule has 2 aromatic rings. The molecular weight excluding hydrogens is 367 g/mol. The molecule has 0 saturated heterocycles. The fourth-order valence-corrected chi connectivity index (χ4v) is 3.55. The van der Waals surface area contributed by atoms with Gasteiger partial charge in [0.05, 0.1) is 9.92 Å². The van der Waals surface area contributed by atoms with Crippen LogP contribution in [0.5, 0.6) is 0 Å². The molecule has 1 amide bonds. The van der Waals surface area contributed by atoms with Crippen LogP contribution in [-0.4, -0.2) is 20.4 Å². The Balaban J connectivity index is 2.22. The molecule has 0 aliphatic heterocycles. The Labute approximate surface area is 151 Å².